The number of piperazine rings is 1. The molecular weight excluding hydrogens is 266 g/mol. The van der Waals surface area contributed by atoms with Crippen LogP contribution < -0.4 is 10.6 Å². The minimum Gasteiger partial charge on any atom is -0.478 e. The summed E-state index contributed by atoms with van der Waals surface area (Å²) in [4.78, 5) is 16.1. The van der Waals surface area contributed by atoms with Crippen LogP contribution in [0, 0.1) is 0 Å². The molecular formula is C16H23N3O2. The van der Waals surface area contributed by atoms with Crippen LogP contribution in [-0.2, 0) is 0 Å². The van der Waals surface area contributed by atoms with Gasteiger partial charge in [-0.1, -0.05) is 12.5 Å². The van der Waals surface area contributed by atoms with Gasteiger partial charge in [0.05, 0.1) is 16.9 Å². The van der Waals surface area contributed by atoms with Crippen LogP contribution in [0.15, 0.2) is 18.2 Å². The lowest BCUT2D eigenvalue weighted by Gasteiger charge is -2.48. The van der Waals surface area contributed by atoms with Crippen molar-refractivity contribution >= 4 is 17.3 Å². The van der Waals surface area contributed by atoms with Gasteiger partial charge in [0, 0.05) is 25.2 Å². The highest BCUT2D eigenvalue weighted by Crippen LogP contribution is 2.33. The van der Waals surface area contributed by atoms with E-state index in [1.807, 2.05) is 6.07 Å². The maximum absolute atomic E-state index is 11.3. The number of anilines is 2. The molecule has 2 heterocycles. The van der Waals surface area contributed by atoms with Gasteiger partial charge >= 0.3 is 5.97 Å². The first-order valence-corrected chi connectivity index (χ1v) is 7.70. The van der Waals surface area contributed by atoms with E-state index in [1.54, 1.807) is 12.1 Å². The summed E-state index contributed by atoms with van der Waals surface area (Å²) in [6.45, 7) is 5.35. The van der Waals surface area contributed by atoms with Crippen molar-refractivity contribution in [3.8, 4) is 0 Å². The molecule has 2 atom stereocenters. The molecule has 3 N–H and O–H groups in total. The number of aromatic carboxylic acids is 1. The van der Waals surface area contributed by atoms with Gasteiger partial charge in [0.15, 0.2) is 0 Å². The van der Waals surface area contributed by atoms with Gasteiger partial charge < -0.3 is 15.7 Å². The molecule has 3 rings (SSSR count). The lowest BCUT2D eigenvalue weighted by molar-refractivity contribution is 0.0698. The third kappa shape index (κ3) is 2.58. The third-order valence-corrected chi connectivity index (χ3v) is 4.81. The van der Waals surface area contributed by atoms with E-state index in [0.717, 1.165) is 18.8 Å². The van der Waals surface area contributed by atoms with Crippen LogP contribution in [0.4, 0.5) is 11.4 Å². The molecule has 0 saturated carbocycles. The van der Waals surface area contributed by atoms with Gasteiger partial charge in [0.2, 0.25) is 0 Å². The maximum atomic E-state index is 11.3. The van der Waals surface area contributed by atoms with Crippen molar-refractivity contribution in [3.05, 3.63) is 23.8 Å². The molecule has 2 unspecified atom stereocenters. The zero-order valence-electron chi connectivity index (χ0n) is 12.5. The molecule has 21 heavy (non-hydrogen) atoms. The Morgan fingerprint density at radius 3 is 2.90 bits per heavy atom. The Morgan fingerprint density at radius 2 is 2.14 bits per heavy atom. The molecule has 1 aromatic rings. The summed E-state index contributed by atoms with van der Waals surface area (Å²) in [5.74, 6) is -0.960. The summed E-state index contributed by atoms with van der Waals surface area (Å²) in [5, 5.41) is 9.24. The Hall–Kier alpha value is -1.75. The number of carboxylic acids is 1. The molecule has 0 radical (unpaired) electrons. The van der Waals surface area contributed by atoms with E-state index in [-0.39, 0.29) is 5.56 Å². The molecule has 1 aromatic carbocycles. The van der Waals surface area contributed by atoms with Gasteiger partial charge in [-0.2, -0.15) is 0 Å². The average Bonchev–Trinajstić information content (AvgIpc) is 2.47. The highest BCUT2D eigenvalue weighted by Gasteiger charge is 2.34. The number of piperidine rings is 1. The molecule has 0 aromatic heterocycles. The number of nitrogens with zero attached hydrogens (tertiary/aromatic N) is 2. The standard InChI is InChI=1S/C16H23N3O2/c1-11-9-18-8-3-2-5-12(18)10-19(11)14-7-4-6-13(15(14)17)16(20)21/h4,6-7,11-12H,2-3,5,8-10,17H2,1H3,(H,20,21). The molecule has 5 nitrogen and oxygen atoms in total. The number of nitrogen functional groups attached to an aromatic ring is 1. The Bertz CT molecular complexity index is 546. The van der Waals surface area contributed by atoms with Crippen molar-refractivity contribution in [2.24, 2.45) is 0 Å². The summed E-state index contributed by atoms with van der Waals surface area (Å²) in [5.41, 5.74) is 7.57. The first-order chi connectivity index (χ1) is 10.1. The van der Waals surface area contributed by atoms with Gasteiger partial charge in [-0.15, -0.1) is 0 Å². The molecule has 5 heteroatoms. The molecule has 114 valence electrons. The van der Waals surface area contributed by atoms with Crippen LogP contribution in [0.25, 0.3) is 0 Å². The minimum absolute atomic E-state index is 0.200. The maximum Gasteiger partial charge on any atom is 0.337 e. The van der Waals surface area contributed by atoms with Crippen LogP contribution in [0.3, 0.4) is 0 Å². The second-order valence-corrected chi connectivity index (χ2v) is 6.19. The van der Waals surface area contributed by atoms with Crippen molar-refractivity contribution in [2.45, 2.75) is 38.3 Å². The summed E-state index contributed by atoms with van der Waals surface area (Å²) in [6, 6.07) is 6.22. The van der Waals surface area contributed by atoms with Crippen LogP contribution >= 0.6 is 0 Å². The molecule has 2 aliphatic heterocycles. The molecule has 0 spiro atoms. The minimum atomic E-state index is -0.960. The van der Waals surface area contributed by atoms with Gasteiger partial charge in [-0.25, -0.2) is 4.79 Å². The SMILES string of the molecule is CC1CN2CCCCC2CN1c1cccc(C(=O)O)c1N. The van der Waals surface area contributed by atoms with Crippen LogP contribution in [0.2, 0.25) is 0 Å². The lowest BCUT2D eigenvalue weighted by Crippen LogP contribution is -2.59. The highest BCUT2D eigenvalue weighted by molar-refractivity contribution is 5.97. The summed E-state index contributed by atoms with van der Waals surface area (Å²) in [7, 11) is 0. The number of hydrogen-bond donors (Lipinski definition) is 2. The molecule has 2 fully saturated rings. The fourth-order valence-corrected chi connectivity index (χ4v) is 3.68. The number of rotatable bonds is 2. The predicted molar refractivity (Wildman–Crippen MR) is 83.8 cm³/mol. The highest BCUT2D eigenvalue weighted by atomic mass is 16.4. The van der Waals surface area contributed by atoms with E-state index in [4.69, 9.17) is 5.73 Å². The Morgan fingerprint density at radius 1 is 1.33 bits per heavy atom. The van der Waals surface area contributed by atoms with Crippen molar-refractivity contribution < 1.29 is 9.90 Å². The topological polar surface area (TPSA) is 69.8 Å². The lowest BCUT2D eigenvalue weighted by atomic mass is 9.96. The Balaban J connectivity index is 1.89. The van der Waals surface area contributed by atoms with Gasteiger partial charge in [0.25, 0.3) is 0 Å². The van der Waals surface area contributed by atoms with Gasteiger partial charge in [-0.05, 0) is 38.4 Å². The van der Waals surface area contributed by atoms with Gasteiger partial charge in [-0.3, -0.25) is 4.90 Å². The van der Waals surface area contributed by atoms with Crippen molar-refractivity contribution in [1.82, 2.24) is 4.90 Å². The molecule has 0 amide bonds. The van der Waals surface area contributed by atoms with Crippen LogP contribution in [0.5, 0.6) is 0 Å². The van der Waals surface area contributed by atoms with Crippen LogP contribution in [-0.4, -0.2) is 47.7 Å². The quantitative estimate of drug-likeness (QED) is 0.815. The second kappa shape index (κ2) is 5.56. The second-order valence-electron chi connectivity index (χ2n) is 6.19. The number of carbonyl (C=O) groups is 1. The van der Waals surface area contributed by atoms with Gasteiger partial charge in [0.1, 0.15) is 0 Å². The van der Waals surface area contributed by atoms with E-state index >= 15 is 0 Å². The Kier molecular flexibility index (Phi) is 3.76. The smallest absolute Gasteiger partial charge is 0.337 e. The molecule has 2 aliphatic rings. The average molecular weight is 289 g/mol. The number of para-hydroxylation sites is 1. The first-order valence-electron chi connectivity index (χ1n) is 7.70. The van der Waals surface area contributed by atoms with Crippen molar-refractivity contribution in [1.29, 1.82) is 0 Å². The predicted octanol–water partition coefficient (Wildman–Crippen LogP) is 2.03. The number of carboxylic acid groups (broad SMARTS) is 1. The largest absolute Gasteiger partial charge is 0.478 e. The number of benzene rings is 1. The number of nitrogens with two attached hydrogens (primary N) is 1. The number of fused-ring (bicyclic) bond motifs is 1. The zero-order valence-corrected chi connectivity index (χ0v) is 12.5. The number of hydrogen-bond acceptors (Lipinski definition) is 4. The van der Waals surface area contributed by atoms with Crippen LogP contribution in [0.1, 0.15) is 36.5 Å². The fourth-order valence-electron chi connectivity index (χ4n) is 3.68. The molecule has 0 aliphatic carbocycles. The Labute approximate surface area is 125 Å². The summed E-state index contributed by atoms with van der Waals surface area (Å²) >= 11 is 0. The van der Waals surface area contributed by atoms with Crippen molar-refractivity contribution in [3.63, 3.8) is 0 Å². The normalized spacial score (nSPS) is 26.4. The zero-order chi connectivity index (χ0) is 15.0. The molecule has 0 bridgehead atoms. The first kappa shape index (κ1) is 14.2. The summed E-state index contributed by atoms with van der Waals surface area (Å²) in [6.07, 6.45) is 3.80. The van der Waals surface area contributed by atoms with E-state index in [1.165, 1.54) is 25.8 Å². The third-order valence-electron chi connectivity index (χ3n) is 4.81. The monoisotopic (exact) mass is 289 g/mol. The summed E-state index contributed by atoms with van der Waals surface area (Å²) < 4.78 is 0. The van der Waals surface area contributed by atoms with Crippen molar-refractivity contribution in [2.75, 3.05) is 30.3 Å². The van der Waals surface area contributed by atoms with E-state index < -0.39 is 5.97 Å². The molecule has 2 saturated heterocycles. The van der Waals surface area contributed by atoms with E-state index in [2.05, 4.69) is 16.7 Å². The van der Waals surface area contributed by atoms with E-state index in [0.29, 0.717) is 17.8 Å². The fraction of sp³-hybridized carbons (Fsp3) is 0.562. The van der Waals surface area contributed by atoms with E-state index in [9.17, 15) is 9.90 Å².